The summed E-state index contributed by atoms with van der Waals surface area (Å²) in [7, 11) is 0. The molecule has 0 aliphatic carbocycles. The first-order valence-corrected chi connectivity index (χ1v) is 5.58. The number of ether oxygens (including phenoxy) is 2. The summed E-state index contributed by atoms with van der Waals surface area (Å²) in [5.74, 6) is 0.785. The fraction of sp³-hybridized carbons (Fsp3) is 0.455. The average molecular weight is 245 g/mol. The van der Waals surface area contributed by atoms with Gasteiger partial charge in [-0.3, -0.25) is 0 Å². The summed E-state index contributed by atoms with van der Waals surface area (Å²) in [4.78, 5) is 0. The van der Waals surface area contributed by atoms with Gasteiger partial charge in [-0.1, -0.05) is 23.2 Å². The van der Waals surface area contributed by atoms with Crippen LogP contribution in [0, 0.1) is 0 Å². The Balaban J connectivity index is 2.13. The number of hydrogen-bond donors (Lipinski definition) is 0. The van der Waals surface area contributed by atoms with Gasteiger partial charge >= 0.3 is 0 Å². The van der Waals surface area contributed by atoms with Crippen molar-refractivity contribution < 1.29 is 9.47 Å². The molecule has 0 N–H and O–H groups in total. The molecular weight excluding hydrogens is 235 g/mol. The van der Waals surface area contributed by atoms with Crippen molar-refractivity contribution in [1.29, 1.82) is 0 Å². The van der Waals surface area contributed by atoms with Crippen LogP contribution in [-0.2, 0) is 4.74 Å². The second-order valence-electron chi connectivity index (χ2n) is 4.49. The SMILES string of the molecule is CC1(C)Oc2cc(Cl)c(Cl)cc2C2OC21. The molecule has 1 aromatic rings. The molecule has 2 nitrogen and oxygen atoms in total. The van der Waals surface area contributed by atoms with Crippen molar-refractivity contribution >= 4 is 23.2 Å². The monoisotopic (exact) mass is 244 g/mol. The van der Waals surface area contributed by atoms with E-state index < -0.39 is 0 Å². The molecule has 2 atom stereocenters. The number of hydrogen-bond acceptors (Lipinski definition) is 2. The van der Waals surface area contributed by atoms with Crippen LogP contribution in [0.5, 0.6) is 5.75 Å². The third kappa shape index (κ3) is 1.36. The first kappa shape index (κ1) is 9.76. The lowest BCUT2D eigenvalue weighted by Crippen LogP contribution is -2.37. The summed E-state index contributed by atoms with van der Waals surface area (Å²) in [6.45, 7) is 4.03. The van der Waals surface area contributed by atoms with Gasteiger partial charge in [0.1, 0.15) is 23.6 Å². The van der Waals surface area contributed by atoms with E-state index in [2.05, 4.69) is 0 Å². The van der Waals surface area contributed by atoms with E-state index >= 15 is 0 Å². The van der Waals surface area contributed by atoms with Crippen LogP contribution in [0.25, 0.3) is 0 Å². The normalized spacial score (nSPS) is 30.1. The molecule has 2 heterocycles. The zero-order chi connectivity index (χ0) is 10.8. The Bertz CT molecular complexity index is 442. The molecule has 2 aliphatic heterocycles. The molecule has 0 bridgehead atoms. The molecular formula is C11H10Cl2O2. The van der Waals surface area contributed by atoms with Crippen LogP contribution in [0.4, 0.5) is 0 Å². The molecule has 0 aromatic heterocycles. The smallest absolute Gasteiger partial charge is 0.132 e. The summed E-state index contributed by atoms with van der Waals surface area (Å²) in [5.41, 5.74) is 0.725. The minimum absolute atomic E-state index is 0.124. The van der Waals surface area contributed by atoms with Gasteiger partial charge in [0, 0.05) is 11.6 Å². The van der Waals surface area contributed by atoms with Crippen LogP contribution in [0.3, 0.4) is 0 Å². The highest BCUT2D eigenvalue weighted by molar-refractivity contribution is 6.42. The number of benzene rings is 1. The van der Waals surface area contributed by atoms with Crippen LogP contribution in [0.1, 0.15) is 25.5 Å². The molecule has 4 heteroatoms. The standard InChI is InChI=1S/C11H10Cl2O2/c1-11(2)10-9(14-10)5-3-6(12)7(13)4-8(5)15-11/h3-4,9-10H,1-2H3. The maximum atomic E-state index is 5.96. The molecule has 0 radical (unpaired) electrons. The number of fused-ring (bicyclic) bond motifs is 3. The van der Waals surface area contributed by atoms with Gasteiger partial charge in [0.25, 0.3) is 0 Å². The highest BCUT2D eigenvalue weighted by atomic mass is 35.5. The van der Waals surface area contributed by atoms with Crippen molar-refractivity contribution in [2.45, 2.75) is 31.7 Å². The Hall–Kier alpha value is -0.440. The Morgan fingerprint density at radius 2 is 1.87 bits per heavy atom. The lowest BCUT2D eigenvalue weighted by molar-refractivity contribution is 0.0725. The van der Waals surface area contributed by atoms with Gasteiger partial charge < -0.3 is 9.47 Å². The molecule has 0 saturated carbocycles. The highest BCUT2D eigenvalue weighted by Gasteiger charge is 2.56. The number of halogens is 2. The van der Waals surface area contributed by atoms with Crippen LogP contribution in [-0.4, -0.2) is 11.7 Å². The van der Waals surface area contributed by atoms with E-state index in [1.165, 1.54) is 0 Å². The van der Waals surface area contributed by atoms with Crippen LogP contribution in [0.2, 0.25) is 10.0 Å². The van der Waals surface area contributed by atoms with Crippen LogP contribution < -0.4 is 4.74 Å². The summed E-state index contributed by atoms with van der Waals surface area (Å²) in [6.07, 6.45) is 0.265. The third-order valence-corrected chi connectivity index (χ3v) is 3.63. The highest BCUT2D eigenvalue weighted by Crippen LogP contribution is 2.54. The maximum absolute atomic E-state index is 5.96. The molecule has 1 fully saturated rings. The predicted octanol–water partition coefficient (Wildman–Crippen LogP) is 3.60. The lowest BCUT2D eigenvalue weighted by Gasteiger charge is -2.29. The fourth-order valence-electron chi connectivity index (χ4n) is 2.07. The van der Waals surface area contributed by atoms with E-state index in [1.807, 2.05) is 19.9 Å². The first-order chi connectivity index (χ1) is 6.99. The first-order valence-electron chi connectivity index (χ1n) is 4.82. The lowest BCUT2D eigenvalue weighted by atomic mass is 9.94. The van der Waals surface area contributed by atoms with Crippen molar-refractivity contribution in [3.8, 4) is 5.75 Å². The molecule has 2 unspecified atom stereocenters. The van der Waals surface area contributed by atoms with Crippen molar-refractivity contribution in [2.75, 3.05) is 0 Å². The van der Waals surface area contributed by atoms with E-state index in [0.717, 1.165) is 11.3 Å². The molecule has 3 rings (SSSR count). The largest absolute Gasteiger partial charge is 0.485 e. The minimum atomic E-state index is -0.283. The third-order valence-electron chi connectivity index (χ3n) is 2.91. The Morgan fingerprint density at radius 3 is 2.60 bits per heavy atom. The number of epoxide rings is 1. The molecule has 0 amide bonds. The zero-order valence-corrected chi connectivity index (χ0v) is 9.89. The second kappa shape index (κ2) is 2.82. The van der Waals surface area contributed by atoms with Crippen molar-refractivity contribution in [2.24, 2.45) is 0 Å². The maximum Gasteiger partial charge on any atom is 0.132 e. The molecule has 1 saturated heterocycles. The summed E-state index contributed by atoms with van der Waals surface area (Å²) in [5, 5.41) is 1.07. The quantitative estimate of drug-likeness (QED) is 0.651. The van der Waals surface area contributed by atoms with Gasteiger partial charge in [-0.15, -0.1) is 0 Å². The van der Waals surface area contributed by atoms with E-state index in [4.69, 9.17) is 32.7 Å². The summed E-state index contributed by atoms with van der Waals surface area (Å²) >= 11 is 11.9. The topological polar surface area (TPSA) is 21.8 Å². The predicted molar refractivity (Wildman–Crippen MR) is 58.8 cm³/mol. The van der Waals surface area contributed by atoms with E-state index in [9.17, 15) is 0 Å². The Kier molecular flexibility index (Phi) is 1.83. The number of rotatable bonds is 0. The van der Waals surface area contributed by atoms with Crippen molar-refractivity contribution in [1.82, 2.24) is 0 Å². The summed E-state index contributed by atoms with van der Waals surface area (Å²) in [6, 6.07) is 3.60. The molecule has 80 valence electrons. The van der Waals surface area contributed by atoms with Gasteiger partial charge in [0.15, 0.2) is 0 Å². The van der Waals surface area contributed by atoms with E-state index in [1.54, 1.807) is 6.07 Å². The van der Waals surface area contributed by atoms with Crippen LogP contribution >= 0.6 is 23.2 Å². The van der Waals surface area contributed by atoms with Gasteiger partial charge in [0.05, 0.1) is 10.0 Å². The van der Waals surface area contributed by atoms with Crippen molar-refractivity contribution in [3.63, 3.8) is 0 Å². The zero-order valence-electron chi connectivity index (χ0n) is 8.38. The molecule has 15 heavy (non-hydrogen) atoms. The van der Waals surface area contributed by atoms with E-state index in [0.29, 0.717) is 10.0 Å². The van der Waals surface area contributed by atoms with Gasteiger partial charge in [0.2, 0.25) is 0 Å². The summed E-state index contributed by atoms with van der Waals surface area (Å²) < 4.78 is 11.4. The second-order valence-corrected chi connectivity index (χ2v) is 5.30. The van der Waals surface area contributed by atoms with Gasteiger partial charge in [-0.25, -0.2) is 0 Å². The van der Waals surface area contributed by atoms with Gasteiger partial charge in [-0.05, 0) is 19.9 Å². The van der Waals surface area contributed by atoms with Gasteiger partial charge in [-0.2, -0.15) is 0 Å². The average Bonchev–Trinajstić information content (AvgIpc) is 2.89. The Labute approximate surface area is 98.1 Å². The fourth-order valence-corrected chi connectivity index (χ4v) is 2.40. The van der Waals surface area contributed by atoms with Crippen molar-refractivity contribution in [3.05, 3.63) is 27.7 Å². The van der Waals surface area contributed by atoms with E-state index in [-0.39, 0.29) is 17.8 Å². The molecule has 0 spiro atoms. The minimum Gasteiger partial charge on any atom is -0.485 e. The van der Waals surface area contributed by atoms with Crippen LogP contribution in [0.15, 0.2) is 12.1 Å². The Morgan fingerprint density at radius 1 is 1.20 bits per heavy atom. The molecule has 1 aromatic carbocycles. The molecule has 2 aliphatic rings.